The second-order valence-corrected chi connectivity index (χ2v) is 6.52. The van der Waals surface area contributed by atoms with Crippen molar-refractivity contribution in [3.8, 4) is 0 Å². The van der Waals surface area contributed by atoms with Gasteiger partial charge < -0.3 is 15.7 Å². The monoisotopic (exact) mass is 332 g/mol. The largest absolute Gasteiger partial charge is 0.396 e. The Morgan fingerprint density at radius 2 is 1.79 bits per heavy atom. The van der Waals surface area contributed by atoms with Crippen LogP contribution in [0.5, 0.6) is 0 Å². The van der Waals surface area contributed by atoms with E-state index in [9.17, 15) is 14.7 Å². The third-order valence-electron chi connectivity index (χ3n) is 4.66. The average molecular weight is 332 g/mol. The summed E-state index contributed by atoms with van der Waals surface area (Å²) in [6.07, 6.45) is 6.69. The van der Waals surface area contributed by atoms with Crippen molar-refractivity contribution in [2.24, 2.45) is 5.92 Å². The molecule has 0 saturated heterocycles. The lowest BCUT2D eigenvalue weighted by atomic mass is 9.82. The first-order chi connectivity index (χ1) is 11.7. The molecule has 1 aromatic carbocycles. The highest BCUT2D eigenvalue weighted by molar-refractivity contribution is 5.85. The molecule has 0 bridgehead atoms. The van der Waals surface area contributed by atoms with Crippen LogP contribution in [0.3, 0.4) is 0 Å². The molecule has 2 amide bonds. The van der Waals surface area contributed by atoms with Crippen molar-refractivity contribution in [3.05, 3.63) is 35.9 Å². The van der Waals surface area contributed by atoms with E-state index in [1.165, 1.54) is 19.3 Å². The SMILES string of the molecule is O=C(Cc1ccccc1)NCC(=O)NC(CCO)C1CCCCC1. The molecular formula is C19H28N2O3. The van der Waals surface area contributed by atoms with Gasteiger partial charge in [-0.2, -0.15) is 0 Å². The van der Waals surface area contributed by atoms with Crippen LogP contribution >= 0.6 is 0 Å². The first-order valence-corrected chi connectivity index (χ1v) is 8.90. The lowest BCUT2D eigenvalue weighted by molar-refractivity contribution is -0.126. The van der Waals surface area contributed by atoms with E-state index in [1.54, 1.807) is 0 Å². The van der Waals surface area contributed by atoms with E-state index >= 15 is 0 Å². The highest BCUT2D eigenvalue weighted by atomic mass is 16.3. The van der Waals surface area contributed by atoms with Gasteiger partial charge in [0, 0.05) is 12.6 Å². The molecule has 1 unspecified atom stereocenters. The number of aliphatic hydroxyl groups excluding tert-OH is 1. The van der Waals surface area contributed by atoms with Crippen molar-refractivity contribution in [1.82, 2.24) is 10.6 Å². The molecule has 0 aromatic heterocycles. The Morgan fingerprint density at radius 3 is 2.46 bits per heavy atom. The third kappa shape index (κ3) is 6.32. The zero-order valence-electron chi connectivity index (χ0n) is 14.2. The quantitative estimate of drug-likeness (QED) is 0.679. The summed E-state index contributed by atoms with van der Waals surface area (Å²) in [4.78, 5) is 24.0. The van der Waals surface area contributed by atoms with Crippen molar-refractivity contribution in [3.63, 3.8) is 0 Å². The van der Waals surface area contributed by atoms with Gasteiger partial charge in [0.1, 0.15) is 0 Å². The zero-order valence-corrected chi connectivity index (χ0v) is 14.2. The summed E-state index contributed by atoms with van der Waals surface area (Å²) in [5.74, 6) is 0.100. The molecule has 1 aliphatic rings. The lowest BCUT2D eigenvalue weighted by Crippen LogP contribution is -2.46. The summed E-state index contributed by atoms with van der Waals surface area (Å²) in [5, 5.41) is 14.9. The van der Waals surface area contributed by atoms with E-state index in [-0.39, 0.29) is 37.4 Å². The molecule has 132 valence electrons. The van der Waals surface area contributed by atoms with Crippen LogP contribution in [0.25, 0.3) is 0 Å². The minimum atomic E-state index is -0.180. The summed E-state index contributed by atoms with van der Waals surface area (Å²) in [6.45, 7) is 0.0577. The van der Waals surface area contributed by atoms with Gasteiger partial charge in [0.25, 0.3) is 0 Å². The molecule has 1 aliphatic carbocycles. The van der Waals surface area contributed by atoms with E-state index in [0.717, 1.165) is 18.4 Å². The van der Waals surface area contributed by atoms with E-state index in [0.29, 0.717) is 12.3 Å². The molecular weight excluding hydrogens is 304 g/mol. The van der Waals surface area contributed by atoms with Gasteiger partial charge in [0.05, 0.1) is 13.0 Å². The standard InChI is InChI=1S/C19H28N2O3/c22-12-11-17(16-9-5-2-6-10-16)21-19(24)14-20-18(23)13-15-7-3-1-4-8-15/h1,3-4,7-8,16-17,22H,2,5-6,9-14H2,(H,20,23)(H,21,24). The number of aliphatic hydroxyl groups is 1. The molecule has 0 aliphatic heterocycles. The maximum atomic E-state index is 12.1. The van der Waals surface area contributed by atoms with Crippen LogP contribution in [0, 0.1) is 5.92 Å². The van der Waals surface area contributed by atoms with Crippen LogP contribution in [0.15, 0.2) is 30.3 Å². The molecule has 2 rings (SSSR count). The van der Waals surface area contributed by atoms with Gasteiger partial charge in [-0.05, 0) is 30.7 Å². The maximum Gasteiger partial charge on any atom is 0.239 e. The third-order valence-corrected chi connectivity index (χ3v) is 4.66. The van der Waals surface area contributed by atoms with Crippen LogP contribution in [-0.2, 0) is 16.0 Å². The van der Waals surface area contributed by atoms with Crippen molar-refractivity contribution in [2.75, 3.05) is 13.2 Å². The van der Waals surface area contributed by atoms with Gasteiger partial charge in [0.2, 0.25) is 11.8 Å². The number of amides is 2. The lowest BCUT2D eigenvalue weighted by Gasteiger charge is -2.30. The molecule has 1 aromatic rings. The summed E-state index contributed by atoms with van der Waals surface area (Å²) in [7, 11) is 0. The number of nitrogens with one attached hydrogen (secondary N) is 2. The summed E-state index contributed by atoms with van der Waals surface area (Å²) in [5.41, 5.74) is 0.927. The number of benzene rings is 1. The van der Waals surface area contributed by atoms with Gasteiger partial charge in [-0.3, -0.25) is 9.59 Å². The number of rotatable bonds is 8. The highest BCUT2D eigenvalue weighted by Gasteiger charge is 2.24. The predicted octanol–water partition coefficient (Wildman–Crippen LogP) is 1.79. The van der Waals surface area contributed by atoms with Crippen molar-refractivity contribution < 1.29 is 14.7 Å². The molecule has 24 heavy (non-hydrogen) atoms. The Bertz CT molecular complexity index is 513. The fraction of sp³-hybridized carbons (Fsp3) is 0.579. The fourth-order valence-corrected chi connectivity index (χ4v) is 3.38. The van der Waals surface area contributed by atoms with E-state index in [4.69, 9.17) is 0 Å². The molecule has 1 atom stereocenters. The second-order valence-electron chi connectivity index (χ2n) is 6.52. The predicted molar refractivity (Wildman–Crippen MR) is 93.4 cm³/mol. The highest BCUT2D eigenvalue weighted by Crippen LogP contribution is 2.27. The smallest absolute Gasteiger partial charge is 0.239 e. The molecule has 5 nitrogen and oxygen atoms in total. The van der Waals surface area contributed by atoms with E-state index in [2.05, 4.69) is 10.6 Å². The average Bonchev–Trinajstić information content (AvgIpc) is 2.61. The van der Waals surface area contributed by atoms with Crippen LogP contribution in [0.2, 0.25) is 0 Å². The molecule has 3 N–H and O–H groups in total. The Labute approximate surface area is 143 Å². The van der Waals surface area contributed by atoms with E-state index < -0.39 is 0 Å². The Kier molecular flexibility index (Phi) is 7.75. The van der Waals surface area contributed by atoms with Crippen LogP contribution in [0.4, 0.5) is 0 Å². The molecule has 0 spiro atoms. The number of carbonyl (C=O) groups is 2. The summed E-state index contributed by atoms with van der Waals surface area (Å²) < 4.78 is 0. The number of carbonyl (C=O) groups excluding carboxylic acids is 2. The van der Waals surface area contributed by atoms with Gasteiger partial charge >= 0.3 is 0 Å². The Hall–Kier alpha value is -1.88. The van der Waals surface area contributed by atoms with Crippen LogP contribution in [-0.4, -0.2) is 36.1 Å². The normalized spacial score (nSPS) is 16.4. The summed E-state index contributed by atoms with van der Waals surface area (Å²) >= 11 is 0. The van der Waals surface area contributed by atoms with Gasteiger partial charge in [-0.15, -0.1) is 0 Å². The van der Waals surface area contributed by atoms with Crippen LogP contribution in [0.1, 0.15) is 44.1 Å². The van der Waals surface area contributed by atoms with E-state index in [1.807, 2.05) is 30.3 Å². The van der Waals surface area contributed by atoms with Crippen LogP contribution < -0.4 is 10.6 Å². The fourth-order valence-electron chi connectivity index (χ4n) is 3.38. The molecule has 0 heterocycles. The first-order valence-electron chi connectivity index (χ1n) is 8.90. The molecule has 1 fully saturated rings. The minimum Gasteiger partial charge on any atom is -0.396 e. The minimum absolute atomic E-state index is 0.00817. The number of hydrogen-bond donors (Lipinski definition) is 3. The molecule has 0 radical (unpaired) electrons. The van der Waals surface area contributed by atoms with Crippen molar-refractivity contribution >= 4 is 11.8 Å². The van der Waals surface area contributed by atoms with Crippen molar-refractivity contribution in [2.45, 2.75) is 51.0 Å². The summed E-state index contributed by atoms with van der Waals surface area (Å²) in [6, 6.07) is 9.47. The van der Waals surface area contributed by atoms with Gasteiger partial charge in [0.15, 0.2) is 0 Å². The Balaban J connectivity index is 1.74. The van der Waals surface area contributed by atoms with Crippen molar-refractivity contribution in [1.29, 1.82) is 0 Å². The maximum absolute atomic E-state index is 12.1. The second kappa shape index (κ2) is 10.1. The Morgan fingerprint density at radius 1 is 1.08 bits per heavy atom. The van der Waals surface area contributed by atoms with Gasteiger partial charge in [-0.1, -0.05) is 49.6 Å². The van der Waals surface area contributed by atoms with Gasteiger partial charge in [-0.25, -0.2) is 0 Å². The first kappa shape index (κ1) is 18.5. The molecule has 1 saturated carbocycles. The number of hydrogen-bond acceptors (Lipinski definition) is 3. The zero-order chi connectivity index (χ0) is 17.2. The molecule has 5 heteroatoms. The topological polar surface area (TPSA) is 78.4 Å².